The van der Waals surface area contributed by atoms with E-state index in [1.807, 2.05) is 12.1 Å². The molecule has 0 nitrogen and oxygen atoms in total. The van der Waals surface area contributed by atoms with Gasteiger partial charge >= 0.3 is 0 Å². The van der Waals surface area contributed by atoms with Crippen molar-refractivity contribution in [3.8, 4) is 11.1 Å². The van der Waals surface area contributed by atoms with E-state index in [1.54, 1.807) is 0 Å². The summed E-state index contributed by atoms with van der Waals surface area (Å²) in [5, 5.41) is 0. The molecule has 0 fully saturated rings. The molecule has 0 N–H and O–H groups in total. The van der Waals surface area contributed by atoms with Crippen molar-refractivity contribution in [2.45, 2.75) is 13.8 Å². The molecule has 0 aliphatic heterocycles. The van der Waals surface area contributed by atoms with Crippen molar-refractivity contribution in [2.24, 2.45) is 0 Å². The van der Waals surface area contributed by atoms with Crippen molar-refractivity contribution in [3.63, 3.8) is 0 Å². The summed E-state index contributed by atoms with van der Waals surface area (Å²) in [5.74, 6) is 0. The number of aryl methyl sites for hydroxylation is 1. The third kappa shape index (κ3) is 1.56. The van der Waals surface area contributed by atoms with Gasteiger partial charge in [-0.1, -0.05) is 42.5 Å². The van der Waals surface area contributed by atoms with Crippen molar-refractivity contribution in [2.75, 3.05) is 0 Å². The number of benzene rings is 2. The van der Waals surface area contributed by atoms with Crippen LogP contribution in [0.2, 0.25) is 0 Å². The van der Waals surface area contributed by atoms with Gasteiger partial charge in [-0.05, 0) is 42.2 Å². The number of rotatable bonds is 1. The summed E-state index contributed by atoms with van der Waals surface area (Å²) < 4.78 is 0. The molecule has 0 saturated carbocycles. The normalized spacial score (nSPS) is 10.1. The minimum atomic E-state index is 1.23. The zero-order valence-corrected chi connectivity index (χ0v) is 8.54. The molecule has 0 spiro atoms. The van der Waals surface area contributed by atoms with Gasteiger partial charge in [0.05, 0.1) is 0 Å². The van der Waals surface area contributed by atoms with Crippen molar-refractivity contribution < 1.29 is 0 Å². The third-order valence-corrected chi connectivity index (χ3v) is 2.60. The van der Waals surface area contributed by atoms with E-state index in [1.165, 1.54) is 22.3 Å². The van der Waals surface area contributed by atoms with Gasteiger partial charge in [-0.25, -0.2) is 0 Å². The summed E-state index contributed by atoms with van der Waals surface area (Å²) in [6, 6.07) is 17.8. The molecule has 0 atom stereocenters. The monoisotopic (exact) mass is 181 g/mol. The van der Waals surface area contributed by atoms with E-state index in [0.29, 0.717) is 0 Å². The molecular formula is C14H13. The zero-order chi connectivity index (χ0) is 9.97. The summed E-state index contributed by atoms with van der Waals surface area (Å²) in [7, 11) is 0. The number of hydrogen-bond acceptors (Lipinski definition) is 0. The molecule has 69 valence electrons. The Hall–Kier alpha value is -1.56. The van der Waals surface area contributed by atoms with E-state index >= 15 is 0 Å². The molecule has 0 heteroatoms. The van der Waals surface area contributed by atoms with Gasteiger partial charge in [0.25, 0.3) is 0 Å². The third-order valence-electron chi connectivity index (χ3n) is 2.60. The molecule has 2 rings (SSSR count). The maximum absolute atomic E-state index is 3.21. The standard InChI is InChI=1S/C14H13/c1-11-7-6-10-14(12(11)2)13-8-4-3-5-9-13/h3-6,8-10H,1-2H3. The van der Waals surface area contributed by atoms with Crippen LogP contribution in [-0.2, 0) is 0 Å². The Labute approximate surface area is 85.2 Å². The highest BCUT2D eigenvalue weighted by atomic mass is 14.1. The summed E-state index contributed by atoms with van der Waals surface area (Å²) >= 11 is 0. The summed E-state index contributed by atoms with van der Waals surface area (Å²) in [4.78, 5) is 0. The Kier molecular flexibility index (Phi) is 2.36. The maximum atomic E-state index is 3.21. The molecule has 0 bridgehead atoms. The minimum Gasteiger partial charge on any atom is -0.0622 e. The Morgan fingerprint density at radius 3 is 2.36 bits per heavy atom. The quantitative estimate of drug-likeness (QED) is 0.628. The highest BCUT2D eigenvalue weighted by molar-refractivity contribution is 5.67. The van der Waals surface area contributed by atoms with Crippen molar-refractivity contribution in [3.05, 3.63) is 59.7 Å². The molecule has 0 aliphatic carbocycles. The lowest BCUT2D eigenvalue weighted by molar-refractivity contribution is 1.33. The van der Waals surface area contributed by atoms with Crippen LogP contribution in [0.5, 0.6) is 0 Å². The molecule has 0 unspecified atom stereocenters. The molecule has 1 radical (unpaired) electrons. The first kappa shape index (κ1) is 9.01. The highest BCUT2D eigenvalue weighted by Gasteiger charge is 2.01. The van der Waals surface area contributed by atoms with Gasteiger partial charge in [0, 0.05) is 0 Å². The first-order valence-corrected chi connectivity index (χ1v) is 4.82. The maximum Gasteiger partial charge on any atom is -0.0149 e. The Morgan fingerprint density at radius 2 is 1.64 bits per heavy atom. The first-order valence-electron chi connectivity index (χ1n) is 4.82. The van der Waals surface area contributed by atoms with E-state index in [4.69, 9.17) is 0 Å². The van der Waals surface area contributed by atoms with E-state index in [9.17, 15) is 0 Å². The molecule has 0 saturated heterocycles. The zero-order valence-electron chi connectivity index (χ0n) is 8.54. The summed E-state index contributed by atoms with van der Waals surface area (Å²) in [5.41, 5.74) is 5.13. The van der Waals surface area contributed by atoms with Crippen LogP contribution in [0.3, 0.4) is 0 Å². The molecular weight excluding hydrogens is 168 g/mol. The van der Waals surface area contributed by atoms with Crippen LogP contribution in [0.1, 0.15) is 11.1 Å². The van der Waals surface area contributed by atoms with Gasteiger partial charge in [0.1, 0.15) is 0 Å². The molecule has 2 aromatic rings. The minimum absolute atomic E-state index is 1.23. The lowest BCUT2D eigenvalue weighted by Gasteiger charge is -2.07. The van der Waals surface area contributed by atoms with Gasteiger partial charge in [0.15, 0.2) is 0 Å². The van der Waals surface area contributed by atoms with Crippen LogP contribution >= 0.6 is 0 Å². The number of hydrogen-bond donors (Lipinski definition) is 0. The molecule has 2 aromatic carbocycles. The lowest BCUT2D eigenvalue weighted by Crippen LogP contribution is -1.86. The van der Waals surface area contributed by atoms with E-state index < -0.39 is 0 Å². The molecule has 14 heavy (non-hydrogen) atoms. The average molecular weight is 181 g/mol. The van der Waals surface area contributed by atoms with Gasteiger partial charge in [-0.2, -0.15) is 0 Å². The predicted octanol–water partition coefficient (Wildman–Crippen LogP) is 3.77. The molecule has 0 heterocycles. The summed E-state index contributed by atoms with van der Waals surface area (Å²) in [6.07, 6.45) is 0. The topological polar surface area (TPSA) is 0 Å². The molecule has 0 aromatic heterocycles. The highest BCUT2D eigenvalue weighted by Crippen LogP contribution is 2.24. The Bertz CT molecular complexity index is 427. The van der Waals surface area contributed by atoms with Crippen molar-refractivity contribution >= 4 is 0 Å². The fourth-order valence-corrected chi connectivity index (χ4v) is 1.62. The van der Waals surface area contributed by atoms with Gasteiger partial charge in [-0.3, -0.25) is 0 Å². The fourth-order valence-electron chi connectivity index (χ4n) is 1.62. The lowest BCUT2D eigenvalue weighted by atomic mass is 9.97. The van der Waals surface area contributed by atoms with Crippen LogP contribution in [0.15, 0.2) is 42.5 Å². The largest absolute Gasteiger partial charge is 0.0622 e. The molecule has 0 aliphatic rings. The van der Waals surface area contributed by atoms with Crippen LogP contribution in [-0.4, -0.2) is 0 Å². The second-order valence-electron chi connectivity index (χ2n) is 3.51. The van der Waals surface area contributed by atoms with E-state index in [2.05, 4.69) is 50.2 Å². The SMILES string of the molecule is Cc1[c]ccc(-c2ccccc2)c1C. The second kappa shape index (κ2) is 3.67. The Balaban J connectivity index is 2.58. The van der Waals surface area contributed by atoms with Crippen molar-refractivity contribution in [1.82, 2.24) is 0 Å². The first-order chi connectivity index (χ1) is 6.79. The van der Waals surface area contributed by atoms with Gasteiger partial charge in [0.2, 0.25) is 0 Å². The van der Waals surface area contributed by atoms with Gasteiger partial charge in [-0.15, -0.1) is 0 Å². The summed E-state index contributed by atoms with van der Waals surface area (Å²) in [6.45, 7) is 4.25. The second-order valence-corrected chi connectivity index (χ2v) is 3.51. The van der Waals surface area contributed by atoms with Gasteiger partial charge < -0.3 is 0 Å². The Morgan fingerprint density at radius 1 is 0.929 bits per heavy atom. The predicted molar refractivity (Wildman–Crippen MR) is 60.2 cm³/mol. The van der Waals surface area contributed by atoms with Crippen LogP contribution < -0.4 is 0 Å². The average Bonchev–Trinajstić information content (AvgIpc) is 2.23. The van der Waals surface area contributed by atoms with E-state index in [0.717, 1.165) is 0 Å². The van der Waals surface area contributed by atoms with Crippen LogP contribution in [0, 0.1) is 19.9 Å². The van der Waals surface area contributed by atoms with Crippen LogP contribution in [0.25, 0.3) is 11.1 Å². The van der Waals surface area contributed by atoms with E-state index in [-0.39, 0.29) is 0 Å². The molecule has 0 amide bonds. The fraction of sp³-hybridized carbons (Fsp3) is 0.143. The van der Waals surface area contributed by atoms with Crippen molar-refractivity contribution in [1.29, 1.82) is 0 Å². The smallest absolute Gasteiger partial charge is 0.0149 e. The van der Waals surface area contributed by atoms with Crippen LogP contribution in [0.4, 0.5) is 0 Å².